The molecule has 1 aliphatic heterocycles. The monoisotopic (exact) mass is 294 g/mol. The van der Waals surface area contributed by atoms with Crippen LogP contribution in [0, 0.1) is 6.92 Å². The third kappa shape index (κ3) is 4.15. The Morgan fingerprint density at radius 1 is 1.55 bits per heavy atom. The molecule has 20 heavy (non-hydrogen) atoms. The topological polar surface area (TPSA) is 53.4 Å². The lowest BCUT2D eigenvalue weighted by Gasteiger charge is -2.32. The number of thiazole rings is 1. The summed E-state index contributed by atoms with van der Waals surface area (Å²) in [6, 6.07) is 0.677. The summed E-state index contributed by atoms with van der Waals surface area (Å²) >= 11 is 1.60. The van der Waals surface area contributed by atoms with E-state index in [2.05, 4.69) is 16.8 Å². The fraction of sp³-hybridized carbons (Fsp3) is 0.600. The quantitative estimate of drug-likeness (QED) is 0.848. The van der Waals surface area contributed by atoms with Gasteiger partial charge in [0.05, 0.1) is 15.6 Å². The van der Waals surface area contributed by atoms with Crippen LogP contribution >= 0.6 is 11.3 Å². The number of rotatable bonds is 5. The summed E-state index contributed by atoms with van der Waals surface area (Å²) in [6.45, 7) is 6.48. The molecule has 1 aromatic heterocycles. The Morgan fingerprint density at radius 2 is 2.35 bits per heavy atom. The minimum atomic E-state index is -0.915. The van der Waals surface area contributed by atoms with E-state index in [-0.39, 0.29) is 0 Å². The van der Waals surface area contributed by atoms with Crippen LogP contribution in [0.1, 0.15) is 41.8 Å². The lowest BCUT2D eigenvalue weighted by molar-refractivity contribution is -0.131. The molecule has 0 bridgehead atoms. The maximum atomic E-state index is 10.5. The smallest absolute Gasteiger partial charge is 0.328 e. The molecular weight excluding hydrogens is 272 g/mol. The summed E-state index contributed by atoms with van der Waals surface area (Å²) in [5, 5.41) is 9.77. The third-order valence-electron chi connectivity index (χ3n) is 3.81. The molecule has 0 amide bonds. The van der Waals surface area contributed by atoms with Crippen molar-refractivity contribution in [2.75, 3.05) is 13.1 Å². The zero-order valence-electron chi connectivity index (χ0n) is 12.1. The van der Waals surface area contributed by atoms with Crippen molar-refractivity contribution in [3.63, 3.8) is 0 Å². The van der Waals surface area contributed by atoms with Gasteiger partial charge in [-0.3, -0.25) is 0 Å². The van der Waals surface area contributed by atoms with Gasteiger partial charge in [-0.2, -0.15) is 0 Å². The van der Waals surface area contributed by atoms with E-state index in [4.69, 9.17) is 5.11 Å². The molecule has 1 atom stereocenters. The zero-order valence-corrected chi connectivity index (χ0v) is 12.9. The molecule has 1 aliphatic rings. The molecule has 0 saturated carbocycles. The summed E-state index contributed by atoms with van der Waals surface area (Å²) in [4.78, 5) is 18.6. The molecule has 5 heteroatoms. The van der Waals surface area contributed by atoms with Crippen LogP contribution in [0.5, 0.6) is 0 Å². The molecule has 110 valence electrons. The number of hydrogen-bond acceptors (Lipinski definition) is 4. The number of carboxylic acids is 1. The van der Waals surface area contributed by atoms with Gasteiger partial charge in [0.15, 0.2) is 0 Å². The fourth-order valence-electron chi connectivity index (χ4n) is 2.60. The third-order valence-corrected chi connectivity index (χ3v) is 4.99. The Bertz CT molecular complexity index is 496. The van der Waals surface area contributed by atoms with Crippen LogP contribution in [0.4, 0.5) is 0 Å². The number of carboxylic acid groups (broad SMARTS) is 1. The van der Waals surface area contributed by atoms with E-state index in [0.29, 0.717) is 6.04 Å². The van der Waals surface area contributed by atoms with Crippen molar-refractivity contribution in [2.45, 2.75) is 45.6 Å². The van der Waals surface area contributed by atoms with Crippen molar-refractivity contribution in [2.24, 2.45) is 0 Å². The van der Waals surface area contributed by atoms with Gasteiger partial charge in [-0.15, -0.1) is 11.3 Å². The highest BCUT2D eigenvalue weighted by molar-refractivity contribution is 7.12. The van der Waals surface area contributed by atoms with Crippen LogP contribution in [-0.2, 0) is 11.2 Å². The standard InChI is InChI=1S/C15H22N2O2S/c1-11-5-3-4-9-17(11)10-8-14-16-12(2)13(20-14)6-7-15(18)19/h6-7,11H,3-5,8-10H2,1-2H3,(H,18,19)/b7-6+. The van der Waals surface area contributed by atoms with E-state index in [0.717, 1.165) is 28.5 Å². The van der Waals surface area contributed by atoms with Crippen molar-refractivity contribution in [3.8, 4) is 0 Å². The van der Waals surface area contributed by atoms with Crippen LogP contribution in [0.25, 0.3) is 6.08 Å². The van der Waals surface area contributed by atoms with Gasteiger partial charge in [-0.25, -0.2) is 9.78 Å². The lowest BCUT2D eigenvalue weighted by atomic mass is 10.0. The molecule has 1 fully saturated rings. The van der Waals surface area contributed by atoms with Gasteiger partial charge in [0.1, 0.15) is 0 Å². The Morgan fingerprint density at radius 3 is 3.05 bits per heavy atom. The number of likely N-dealkylation sites (tertiary alicyclic amines) is 1. The van der Waals surface area contributed by atoms with Crippen LogP contribution < -0.4 is 0 Å². The fourth-order valence-corrected chi connectivity index (χ4v) is 3.56. The molecule has 1 N–H and O–H groups in total. The number of piperidine rings is 1. The summed E-state index contributed by atoms with van der Waals surface area (Å²) in [7, 11) is 0. The molecule has 0 radical (unpaired) electrons. The number of aryl methyl sites for hydroxylation is 1. The summed E-state index contributed by atoms with van der Waals surface area (Å²) in [5.41, 5.74) is 0.925. The first-order valence-electron chi connectivity index (χ1n) is 7.17. The minimum Gasteiger partial charge on any atom is -0.478 e. The predicted molar refractivity (Wildman–Crippen MR) is 82.1 cm³/mol. The second-order valence-corrected chi connectivity index (χ2v) is 6.47. The highest BCUT2D eigenvalue weighted by Gasteiger charge is 2.18. The molecule has 2 rings (SSSR count). The van der Waals surface area contributed by atoms with E-state index >= 15 is 0 Å². The van der Waals surface area contributed by atoms with Crippen LogP contribution in [0.3, 0.4) is 0 Å². The number of hydrogen-bond donors (Lipinski definition) is 1. The summed E-state index contributed by atoms with van der Waals surface area (Å²) in [5.74, 6) is -0.915. The van der Waals surface area contributed by atoms with Crippen LogP contribution in [0.2, 0.25) is 0 Å². The largest absolute Gasteiger partial charge is 0.478 e. The molecule has 0 spiro atoms. The molecule has 1 saturated heterocycles. The Balaban J connectivity index is 1.93. The van der Waals surface area contributed by atoms with Gasteiger partial charge >= 0.3 is 5.97 Å². The SMILES string of the molecule is Cc1nc(CCN2CCCCC2C)sc1/C=C/C(=O)O. The zero-order chi connectivity index (χ0) is 14.5. The molecule has 0 aromatic carbocycles. The number of nitrogens with zero attached hydrogens (tertiary/aromatic N) is 2. The molecule has 0 aliphatic carbocycles. The lowest BCUT2D eigenvalue weighted by Crippen LogP contribution is -2.38. The molecule has 2 heterocycles. The number of aliphatic carboxylic acids is 1. The van der Waals surface area contributed by atoms with E-state index in [9.17, 15) is 4.79 Å². The van der Waals surface area contributed by atoms with Crippen molar-refractivity contribution < 1.29 is 9.90 Å². The van der Waals surface area contributed by atoms with Crippen molar-refractivity contribution in [1.82, 2.24) is 9.88 Å². The average molecular weight is 294 g/mol. The highest BCUT2D eigenvalue weighted by Crippen LogP contribution is 2.22. The maximum Gasteiger partial charge on any atom is 0.328 e. The molecule has 4 nitrogen and oxygen atoms in total. The highest BCUT2D eigenvalue weighted by atomic mass is 32.1. The second kappa shape index (κ2) is 6.99. The minimum absolute atomic E-state index is 0.677. The Labute approximate surface area is 124 Å². The Kier molecular flexibility index (Phi) is 5.31. The average Bonchev–Trinajstić information content (AvgIpc) is 2.76. The van der Waals surface area contributed by atoms with Crippen LogP contribution in [-0.4, -0.2) is 40.1 Å². The first-order valence-corrected chi connectivity index (χ1v) is 7.99. The first kappa shape index (κ1) is 15.2. The van der Waals surface area contributed by atoms with Crippen molar-refractivity contribution in [3.05, 3.63) is 21.7 Å². The van der Waals surface area contributed by atoms with E-state index in [1.54, 1.807) is 17.4 Å². The van der Waals surface area contributed by atoms with Gasteiger partial charge in [-0.1, -0.05) is 6.42 Å². The van der Waals surface area contributed by atoms with Crippen LogP contribution in [0.15, 0.2) is 6.08 Å². The summed E-state index contributed by atoms with van der Waals surface area (Å²) < 4.78 is 0. The Hall–Kier alpha value is -1.20. The molecule has 1 unspecified atom stereocenters. The summed E-state index contributed by atoms with van der Waals surface area (Å²) in [6.07, 6.45) is 7.71. The van der Waals surface area contributed by atoms with Gasteiger partial charge < -0.3 is 10.0 Å². The van der Waals surface area contributed by atoms with Gasteiger partial charge in [0, 0.05) is 25.1 Å². The van der Waals surface area contributed by atoms with Gasteiger partial charge in [0.25, 0.3) is 0 Å². The van der Waals surface area contributed by atoms with Gasteiger partial charge in [-0.05, 0) is 39.3 Å². The maximum absolute atomic E-state index is 10.5. The van der Waals surface area contributed by atoms with Gasteiger partial charge in [0.2, 0.25) is 0 Å². The normalized spacial score (nSPS) is 20.6. The van der Waals surface area contributed by atoms with E-state index in [1.807, 2.05) is 6.92 Å². The second-order valence-electron chi connectivity index (χ2n) is 5.36. The van der Waals surface area contributed by atoms with Crippen molar-refractivity contribution in [1.29, 1.82) is 0 Å². The number of carbonyl (C=O) groups is 1. The molecule has 1 aromatic rings. The first-order chi connectivity index (χ1) is 9.56. The number of aromatic nitrogens is 1. The molecular formula is C15H22N2O2S. The van der Waals surface area contributed by atoms with Crippen molar-refractivity contribution >= 4 is 23.4 Å². The predicted octanol–water partition coefficient (Wildman–Crippen LogP) is 2.97. The van der Waals surface area contributed by atoms with E-state index < -0.39 is 5.97 Å². The van der Waals surface area contributed by atoms with E-state index in [1.165, 1.54) is 31.9 Å².